The molecule has 0 aliphatic heterocycles. The van der Waals surface area contributed by atoms with Crippen molar-refractivity contribution in [1.82, 2.24) is 0 Å². The van der Waals surface area contributed by atoms with Gasteiger partial charge in [-0.1, -0.05) is 48.5 Å². The molecule has 160 valence electrons. The Morgan fingerprint density at radius 1 is 0.812 bits per heavy atom. The summed E-state index contributed by atoms with van der Waals surface area (Å²) in [6.45, 7) is 0. The van der Waals surface area contributed by atoms with Gasteiger partial charge in [0.2, 0.25) is 0 Å². The van der Waals surface area contributed by atoms with Crippen LogP contribution in [-0.2, 0) is 15.9 Å². The number of ether oxygens (including phenoxy) is 2. The zero-order chi connectivity index (χ0) is 22.8. The number of fused-ring (bicyclic) bond motifs is 2. The molecule has 6 heteroatoms. The first-order valence-electron chi connectivity index (χ1n) is 9.90. The van der Waals surface area contributed by atoms with Gasteiger partial charge in [-0.25, -0.2) is 9.59 Å². The SMILES string of the molecule is COC(=O)c1cc2ccccc2c(Cc2c(C=O)c(C(=O)OC)cc3ccccc23)c1O. The topological polar surface area (TPSA) is 89.9 Å². The number of aldehydes is 1. The zero-order valence-electron chi connectivity index (χ0n) is 17.5. The molecule has 6 nitrogen and oxygen atoms in total. The van der Waals surface area contributed by atoms with Crippen LogP contribution in [0.1, 0.15) is 42.2 Å². The van der Waals surface area contributed by atoms with Gasteiger partial charge in [-0.05, 0) is 39.2 Å². The fourth-order valence-corrected chi connectivity index (χ4v) is 4.08. The predicted octanol–water partition coefficient (Wildman–Crippen LogP) is 4.68. The molecule has 0 aliphatic carbocycles. The number of carbonyl (C=O) groups is 3. The Balaban J connectivity index is 2.06. The molecule has 0 bridgehead atoms. The lowest BCUT2D eigenvalue weighted by molar-refractivity contribution is 0.0589. The van der Waals surface area contributed by atoms with E-state index < -0.39 is 11.9 Å². The molecule has 32 heavy (non-hydrogen) atoms. The largest absolute Gasteiger partial charge is 0.507 e. The highest BCUT2D eigenvalue weighted by Crippen LogP contribution is 2.36. The fraction of sp³-hybridized carbons (Fsp3) is 0.115. The second kappa shape index (κ2) is 8.51. The van der Waals surface area contributed by atoms with Gasteiger partial charge in [0.15, 0.2) is 6.29 Å². The fourth-order valence-electron chi connectivity index (χ4n) is 4.08. The maximum absolute atomic E-state index is 12.4. The Morgan fingerprint density at radius 3 is 1.88 bits per heavy atom. The molecule has 0 spiro atoms. The summed E-state index contributed by atoms with van der Waals surface area (Å²) in [5, 5.41) is 14.0. The molecule has 4 aromatic carbocycles. The molecule has 0 amide bonds. The Morgan fingerprint density at radius 2 is 1.31 bits per heavy atom. The lowest BCUT2D eigenvalue weighted by Crippen LogP contribution is -2.10. The molecule has 0 aromatic heterocycles. The number of phenols is 1. The van der Waals surface area contributed by atoms with E-state index in [0.717, 1.165) is 21.5 Å². The average Bonchev–Trinajstić information content (AvgIpc) is 2.83. The Labute approximate surface area is 184 Å². The summed E-state index contributed by atoms with van der Waals surface area (Å²) in [4.78, 5) is 36.8. The van der Waals surface area contributed by atoms with Crippen molar-refractivity contribution in [2.24, 2.45) is 0 Å². The van der Waals surface area contributed by atoms with E-state index in [1.165, 1.54) is 14.2 Å². The van der Waals surface area contributed by atoms with E-state index in [1.807, 2.05) is 48.5 Å². The van der Waals surface area contributed by atoms with Crippen LogP contribution in [0.4, 0.5) is 0 Å². The maximum Gasteiger partial charge on any atom is 0.341 e. The van der Waals surface area contributed by atoms with Crippen LogP contribution in [-0.4, -0.2) is 37.6 Å². The van der Waals surface area contributed by atoms with Gasteiger partial charge in [0.1, 0.15) is 11.3 Å². The molecular weight excluding hydrogens is 408 g/mol. The number of aromatic hydroxyl groups is 1. The first-order valence-corrected chi connectivity index (χ1v) is 9.90. The quantitative estimate of drug-likeness (QED) is 0.367. The number of phenolic OH excluding ortho intramolecular Hbond substituents is 1. The van der Waals surface area contributed by atoms with Crippen molar-refractivity contribution in [3.05, 3.63) is 88.5 Å². The highest BCUT2D eigenvalue weighted by molar-refractivity contribution is 6.06. The molecule has 4 rings (SSSR count). The van der Waals surface area contributed by atoms with Gasteiger partial charge in [-0.15, -0.1) is 0 Å². The summed E-state index contributed by atoms with van der Waals surface area (Å²) in [5.41, 5.74) is 1.37. The summed E-state index contributed by atoms with van der Waals surface area (Å²) in [7, 11) is 2.50. The van der Waals surface area contributed by atoms with E-state index in [9.17, 15) is 19.5 Å². The first-order chi connectivity index (χ1) is 15.5. The van der Waals surface area contributed by atoms with Crippen molar-refractivity contribution in [2.75, 3.05) is 14.2 Å². The number of carbonyl (C=O) groups excluding carboxylic acids is 3. The van der Waals surface area contributed by atoms with Crippen molar-refractivity contribution < 1.29 is 29.0 Å². The minimum absolute atomic E-state index is 0.0299. The van der Waals surface area contributed by atoms with Gasteiger partial charge in [0.05, 0.1) is 19.8 Å². The Kier molecular flexibility index (Phi) is 5.60. The average molecular weight is 428 g/mol. The molecule has 0 aliphatic rings. The molecule has 1 N–H and O–H groups in total. The molecule has 0 radical (unpaired) electrons. The van der Waals surface area contributed by atoms with Crippen molar-refractivity contribution >= 4 is 39.8 Å². The Bertz CT molecular complexity index is 1390. The third-order valence-corrected chi connectivity index (χ3v) is 5.61. The monoisotopic (exact) mass is 428 g/mol. The lowest BCUT2D eigenvalue weighted by Gasteiger charge is -2.17. The summed E-state index contributed by atoms with van der Waals surface area (Å²) in [6.07, 6.45) is 0.730. The number of rotatable bonds is 5. The normalized spacial score (nSPS) is 10.8. The van der Waals surface area contributed by atoms with Crippen LogP contribution in [0, 0.1) is 0 Å². The van der Waals surface area contributed by atoms with Crippen LogP contribution in [0.3, 0.4) is 0 Å². The van der Waals surface area contributed by atoms with E-state index >= 15 is 0 Å². The van der Waals surface area contributed by atoms with Crippen LogP contribution in [0.5, 0.6) is 5.75 Å². The summed E-state index contributed by atoms with van der Waals surface area (Å²) in [6, 6.07) is 17.9. The van der Waals surface area contributed by atoms with E-state index in [2.05, 4.69) is 0 Å². The number of esters is 2. The smallest absolute Gasteiger partial charge is 0.341 e. The minimum atomic E-state index is -0.668. The number of hydrogen-bond acceptors (Lipinski definition) is 6. The minimum Gasteiger partial charge on any atom is -0.507 e. The Hall–Kier alpha value is -4.19. The van der Waals surface area contributed by atoms with Crippen LogP contribution in [0.2, 0.25) is 0 Å². The van der Waals surface area contributed by atoms with Gasteiger partial charge in [0.25, 0.3) is 0 Å². The van der Waals surface area contributed by atoms with Gasteiger partial charge in [0, 0.05) is 17.5 Å². The van der Waals surface area contributed by atoms with Crippen LogP contribution >= 0.6 is 0 Å². The van der Waals surface area contributed by atoms with Gasteiger partial charge < -0.3 is 14.6 Å². The molecule has 4 aromatic rings. The molecule has 0 atom stereocenters. The predicted molar refractivity (Wildman–Crippen MR) is 120 cm³/mol. The van der Waals surface area contributed by atoms with E-state index in [4.69, 9.17) is 9.47 Å². The standard InChI is InChI=1S/C26H20O6/c1-31-25(29)21-11-15-7-3-5-9-17(15)19(23(21)14-27)13-20-18-10-6-4-8-16(18)12-22(24(20)28)26(30)32-2/h3-12,14,28H,13H2,1-2H3. The molecule has 0 fully saturated rings. The molecule has 0 saturated heterocycles. The second-order valence-electron chi connectivity index (χ2n) is 7.29. The van der Waals surface area contributed by atoms with Crippen LogP contribution in [0.15, 0.2) is 60.7 Å². The molecule has 0 unspecified atom stereocenters. The van der Waals surface area contributed by atoms with E-state index in [0.29, 0.717) is 17.4 Å². The van der Waals surface area contributed by atoms with Gasteiger partial charge >= 0.3 is 11.9 Å². The molecular formula is C26H20O6. The lowest BCUT2D eigenvalue weighted by atomic mass is 9.88. The van der Waals surface area contributed by atoms with Gasteiger partial charge in [-0.3, -0.25) is 4.79 Å². The van der Waals surface area contributed by atoms with Crippen molar-refractivity contribution in [3.8, 4) is 5.75 Å². The molecule has 0 heterocycles. The van der Waals surface area contributed by atoms with Crippen molar-refractivity contribution in [2.45, 2.75) is 6.42 Å². The zero-order valence-corrected chi connectivity index (χ0v) is 17.5. The number of methoxy groups -OCH3 is 2. The van der Waals surface area contributed by atoms with Crippen LogP contribution in [0.25, 0.3) is 21.5 Å². The van der Waals surface area contributed by atoms with Crippen molar-refractivity contribution in [1.29, 1.82) is 0 Å². The summed E-state index contributed by atoms with van der Waals surface area (Å²) < 4.78 is 9.72. The highest BCUT2D eigenvalue weighted by atomic mass is 16.5. The van der Waals surface area contributed by atoms with E-state index in [-0.39, 0.29) is 28.9 Å². The maximum atomic E-state index is 12.4. The molecule has 0 saturated carbocycles. The summed E-state index contributed by atoms with van der Waals surface area (Å²) in [5.74, 6) is -1.52. The number of hydrogen-bond donors (Lipinski definition) is 1. The number of benzene rings is 4. The first kappa shape index (κ1) is 21.1. The van der Waals surface area contributed by atoms with Gasteiger partial charge in [-0.2, -0.15) is 0 Å². The third kappa shape index (κ3) is 3.46. The summed E-state index contributed by atoms with van der Waals surface area (Å²) >= 11 is 0. The second-order valence-corrected chi connectivity index (χ2v) is 7.29. The highest BCUT2D eigenvalue weighted by Gasteiger charge is 2.23. The van der Waals surface area contributed by atoms with Crippen molar-refractivity contribution in [3.63, 3.8) is 0 Å². The third-order valence-electron chi connectivity index (χ3n) is 5.61. The van der Waals surface area contributed by atoms with Crippen LogP contribution < -0.4 is 0 Å². The van der Waals surface area contributed by atoms with E-state index in [1.54, 1.807) is 12.1 Å².